The van der Waals surface area contributed by atoms with E-state index < -0.39 is 17.3 Å². The Morgan fingerprint density at radius 1 is 1.55 bits per heavy atom. The van der Waals surface area contributed by atoms with Crippen LogP contribution in [-0.4, -0.2) is 26.5 Å². The Balaban J connectivity index is -0.0000000245. The Morgan fingerprint density at radius 2 is 1.91 bits per heavy atom. The summed E-state index contributed by atoms with van der Waals surface area (Å²) in [6.07, 6.45) is -0.200. The van der Waals surface area contributed by atoms with Crippen LogP contribution in [0.15, 0.2) is 0 Å². The van der Waals surface area contributed by atoms with Gasteiger partial charge in [0.05, 0.1) is 0 Å². The minimum absolute atomic E-state index is 0. The fourth-order valence-corrected chi connectivity index (χ4v) is 0.270. The maximum absolute atomic E-state index is 9.68. The molecule has 9 heteroatoms. The van der Waals surface area contributed by atoms with Gasteiger partial charge in [-0.05, 0) is 0 Å². The third-order valence-corrected chi connectivity index (χ3v) is 0.556. The zero-order valence-corrected chi connectivity index (χ0v) is 10.9. The average molecular weight is 204 g/mol. The number of rotatable bonds is 2. The number of hydrogen-bond donors (Lipinski definition) is 1. The monoisotopic (exact) mass is 204 g/mol. The van der Waals surface area contributed by atoms with E-state index in [0.29, 0.717) is 0 Å². The molecule has 0 spiro atoms. The van der Waals surface area contributed by atoms with E-state index in [2.05, 4.69) is 4.18 Å². The van der Waals surface area contributed by atoms with E-state index in [0.717, 1.165) is 0 Å². The van der Waals surface area contributed by atoms with Gasteiger partial charge in [-0.25, -0.2) is 4.79 Å². The van der Waals surface area contributed by atoms with Gasteiger partial charge in [-0.1, -0.05) is 0 Å². The summed E-state index contributed by atoms with van der Waals surface area (Å²) in [6.45, 7) is 0. The van der Waals surface area contributed by atoms with Gasteiger partial charge in [0.15, 0.2) is 0 Å². The SMILES string of the molecule is O.O=CC(=O)OS(=O)O.[H-].[H-].[Na+].[Na+]. The summed E-state index contributed by atoms with van der Waals surface area (Å²) in [4.78, 5) is 19.0. The standard InChI is InChI=1S/C2H2O5S.2Na.H2O.2H/c3-1-2(4)7-8(5)6;;;;;/h1H,(H,5,6);;;1H2;;/q;2*+1;;2*-1. The van der Waals surface area contributed by atoms with Gasteiger partial charge in [-0.2, -0.15) is 4.21 Å². The van der Waals surface area contributed by atoms with Crippen LogP contribution in [0.3, 0.4) is 0 Å². The molecule has 0 aromatic heterocycles. The molecule has 0 aliphatic carbocycles. The van der Waals surface area contributed by atoms with Gasteiger partial charge >= 0.3 is 76.4 Å². The van der Waals surface area contributed by atoms with Crippen molar-refractivity contribution in [2.24, 2.45) is 0 Å². The smallest absolute Gasteiger partial charge is 1.00 e. The summed E-state index contributed by atoms with van der Waals surface area (Å²) in [7, 11) is 0. The van der Waals surface area contributed by atoms with Crippen molar-refractivity contribution >= 4 is 23.6 Å². The van der Waals surface area contributed by atoms with Gasteiger partial charge in [-0.15, -0.1) is 0 Å². The van der Waals surface area contributed by atoms with Crippen molar-refractivity contribution in [3.63, 3.8) is 0 Å². The average Bonchev–Trinajstić information content (AvgIpc) is 1.65. The Labute approximate surface area is 112 Å². The Hall–Kier alpha value is 1.21. The third kappa shape index (κ3) is 18.3. The number of carbonyl (C=O) groups is 2. The molecule has 1 unspecified atom stereocenters. The van der Waals surface area contributed by atoms with Gasteiger partial charge in [0.2, 0.25) is 6.29 Å². The van der Waals surface area contributed by atoms with Crippen molar-refractivity contribution in [3.05, 3.63) is 0 Å². The summed E-state index contributed by atoms with van der Waals surface area (Å²) < 4.78 is 20.6. The van der Waals surface area contributed by atoms with E-state index >= 15 is 0 Å². The Bertz CT molecular complexity index is 145. The third-order valence-electron chi connectivity index (χ3n) is 0.250. The summed E-state index contributed by atoms with van der Waals surface area (Å²) in [5.41, 5.74) is 0. The molecule has 6 nitrogen and oxygen atoms in total. The van der Waals surface area contributed by atoms with Crippen LogP contribution < -0.4 is 59.1 Å². The van der Waals surface area contributed by atoms with Crippen molar-refractivity contribution in [2.75, 3.05) is 0 Å². The maximum atomic E-state index is 9.68. The van der Waals surface area contributed by atoms with Crippen molar-refractivity contribution in [1.82, 2.24) is 0 Å². The summed E-state index contributed by atoms with van der Waals surface area (Å²) in [5, 5.41) is 0. The first-order valence-electron chi connectivity index (χ1n) is 1.45. The van der Waals surface area contributed by atoms with Crippen LogP contribution in [0.25, 0.3) is 0 Å². The van der Waals surface area contributed by atoms with Crippen LogP contribution in [0.1, 0.15) is 2.85 Å². The molecule has 0 saturated heterocycles. The predicted molar refractivity (Wildman–Crippen MR) is 28.8 cm³/mol. The second kappa shape index (κ2) is 13.8. The van der Waals surface area contributed by atoms with Crippen molar-refractivity contribution in [3.8, 4) is 0 Å². The van der Waals surface area contributed by atoms with E-state index in [9.17, 15) is 13.8 Å². The molecule has 58 valence electrons. The normalized spacial score (nSPS) is 8.82. The molecule has 11 heavy (non-hydrogen) atoms. The second-order valence-corrected chi connectivity index (χ2v) is 1.34. The van der Waals surface area contributed by atoms with E-state index in [1.807, 2.05) is 0 Å². The van der Waals surface area contributed by atoms with E-state index in [1.54, 1.807) is 0 Å². The molecule has 0 bridgehead atoms. The molecule has 0 fully saturated rings. The quantitative estimate of drug-likeness (QED) is 0.208. The predicted octanol–water partition coefficient (Wildman–Crippen LogP) is -7.73. The molecule has 0 aliphatic heterocycles. The summed E-state index contributed by atoms with van der Waals surface area (Å²) in [6, 6.07) is 0. The Morgan fingerprint density at radius 3 is 2.00 bits per heavy atom. The van der Waals surface area contributed by atoms with Crippen LogP contribution in [0, 0.1) is 0 Å². The molecule has 0 aromatic carbocycles. The molecule has 0 rings (SSSR count). The van der Waals surface area contributed by atoms with Gasteiger partial charge in [0, 0.05) is 0 Å². The van der Waals surface area contributed by atoms with Crippen molar-refractivity contribution < 1.29 is 90.0 Å². The largest absolute Gasteiger partial charge is 1.00 e. The molecule has 0 aliphatic rings. The molecule has 0 heterocycles. The molecule has 0 amide bonds. The topological polar surface area (TPSA) is 112 Å². The zero-order valence-electron chi connectivity index (χ0n) is 8.07. The molecule has 0 radical (unpaired) electrons. The number of hydrogen-bond acceptors (Lipinski definition) is 4. The van der Waals surface area contributed by atoms with E-state index in [-0.39, 0.29) is 73.7 Å². The zero-order chi connectivity index (χ0) is 6.57. The minimum Gasteiger partial charge on any atom is -1.00 e. The maximum Gasteiger partial charge on any atom is 1.00 e. The minimum atomic E-state index is -2.68. The molecular weight excluding hydrogens is 198 g/mol. The second-order valence-electron chi connectivity index (χ2n) is 0.737. The van der Waals surface area contributed by atoms with E-state index in [1.165, 1.54) is 0 Å². The van der Waals surface area contributed by atoms with Gasteiger partial charge < -0.3 is 12.5 Å². The molecule has 0 aromatic rings. The fraction of sp³-hybridized carbons (Fsp3) is 0. The first-order valence-corrected chi connectivity index (χ1v) is 2.48. The first-order chi connectivity index (χ1) is 3.66. The Kier molecular flexibility index (Phi) is 28.5. The van der Waals surface area contributed by atoms with Crippen LogP contribution in [-0.2, 0) is 25.1 Å². The summed E-state index contributed by atoms with van der Waals surface area (Å²) >= 11 is -2.68. The van der Waals surface area contributed by atoms with Crippen molar-refractivity contribution in [1.29, 1.82) is 0 Å². The van der Waals surface area contributed by atoms with Crippen LogP contribution >= 0.6 is 0 Å². The number of carbonyl (C=O) groups excluding carboxylic acids is 2. The molecule has 3 N–H and O–H groups in total. The van der Waals surface area contributed by atoms with Crippen LogP contribution in [0.4, 0.5) is 0 Å². The number of aldehydes is 1. The van der Waals surface area contributed by atoms with Crippen LogP contribution in [0.5, 0.6) is 0 Å². The first kappa shape index (κ1) is 22.8. The van der Waals surface area contributed by atoms with Gasteiger partial charge in [0.25, 0.3) is 0 Å². The van der Waals surface area contributed by atoms with Crippen LogP contribution in [0.2, 0.25) is 0 Å². The van der Waals surface area contributed by atoms with Gasteiger partial charge in [-0.3, -0.25) is 9.35 Å². The molecule has 0 saturated carbocycles. The van der Waals surface area contributed by atoms with Crippen molar-refractivity contribution in [2.45, 2.75) is 0 Å². The van der Waals surface area contributed by atoms with E-state index in [4.69, 9.17) is 4.55 Å². The fourth-order valence-electron chi connectivity index (χ4n) is 0.0899. The molecule has 1 atom stereocenters. The molecular formula is C2H6Na2O6S. The summed E-state index contributed by atoms with van der Waals surface area (Å²) in [5.74, 6) is -1.36. The van der Waals surface area contributed by atoms with Gasteiger partial charge in [0.1, 0.15) is 0 Å².